The predicted molar refractivity (Wildman–Crippen MR) is 255 cm³/mol. The third kappa shape index (κ3) is 8.79. The molecular formula is C51H67N7O9S. The van der Waals surface area contributed by atoms with Crippen LogP contribution in [-0.4, -0.2) is 139 Å². The Balaban J connectivity index is 1.11. The number of cyclic esters (lactones) is 1. The number of thiazole rings is 1. The molecule has 0 radical (unpaired) electrons. The summed E-state index contributed by atoms with van der Waals surface area (Å²) in [4.78, 5) is 56.3. The molecule has 7 aliphatic rings. The fourth-order valence-corrected chi connectivity index (χ4v) is 12.5. The Hall–Kier alpha value is -4.33. The Labute approximate surface area is 402 Å². The Kier molecular flexibility index (Phi) is 13.1. The molecule has 0 spiro atoms. The molecule has 9 heterocycles. The van der Waals surface area contributed by atoms with Gasteiger partial charge in [0.05, 0.1) is 60.8 Å². The van der Waals surface area contributed by atoms with E-state index in [0.717, 1.165) is 57.5 Å². The normalized spacial score (nSPS) is 29.5. The number of likely N-dealkylation sites (tertiary alicyclic amines) is 1. The molecule has 366 valence electrons. The van der Waals surface area contributed by atoms with Gasteiger partial charge in [-0.05, 0) is 88.6 Å². The number of carbonyl (C=O) groups excluding carboxylic acids is 3. The van der Waals surface area contributed by atoms with Crippen molar-refractivity contribution in [1.29, 1.82) is 0 Å². The quantitative estimate of drug-likeness (QED) is 0.164. The molecule has 8 bridgehead atoms. The minimum atomic E-state index is -1.06. The van der Waals surface area contributed by atoms with Crippen molar-refractivity contribution >= 4 is 40.0 Å². The molecule has 68 heavy (non-hydrogen) atoms. The lowest BCUT2D eigenvalue weighted by Gasteiger charge is -2.47. The summed E-state index contributed by atoms with van der Waals surface area (Å²) in [6.45, 7) is 14.5. The molecule has 3 aromatic heterocycles. The van der Waals surface area contributed by atoms with Gasteiger partial charge in [-0.2, -0.15) is 0 Å². The molecule has 5 atom stereocenters. The highest BCUT2D eigenvalue weighted by Gasteiger charge is 2.68. The summed E-state index contributed by atoms with van der Waals surface area (Å²) in [5.41, 5.74) is 8.24. The minimum Gasteiger partial charge on any atom is -0.464 e. The lowest BCUT2D eigenvalue weighted by molar-refractivity contribution is -0.159. The third-order valence-electron chi connectivity index (χ3n) is 15.6. The number of benzene rings is 1. The van der Waals surface area contributed by atoms with E-state index in [1.165, 1.54) is 16.3 Å². The van der Waals surface area contributed by atoms with Crippen molar-refractivity contribution in [2.45, 2.75) is 134 Å². The maximum absolute atomic E-state index is 15.2. The molecule has 2 N–H and O–H groups in total. The number of hydrogen-bond donors (Lipinski definition) is 2. The highest BCUT2D eigenvalue weighted by atomic mass is 32.1. The van der Waals surface area contributed by atoms with E-state index in [9.17, 15) is 9.59 Å². The zero-order valence-corrected chi connectivity index (χ0v) is 41.3. The first-order chi connectivity index (χ1) is 32.7. The van der Waals surface area contributed by atoms with Crippen LogP contribution in [-0.2, 0) is 55.8 Å². The summed E-state index contributed by atoms with van der Waals surface area (Å²) >= 11 is 1.48. The maximum Gasteiger partial charge on any atom is 0.324 e. The first-order valence-corrected chi connectivity index (χ1v) is 25.4. The molecule has 6 aliphatic heterocycles. The third-order valence-corrected chi connectivity index (χ3v) is 16.5. The summed E-state index contributed by atoms with van der Waals surface area (Å²) in [5, 5.41) is 8.54. The molecule has 11 rings (SSSR count). The molecule has 1 saturated carbocycles. The molecule has 5 saturated heterocycles. The van der Waals surface area contributed by atoms with E-state index < -0.39 is 35.1 Å². The van der Waals surface area contributed by atoms with Gasteiger partial charge in [-0.3, -0.25) is 29.3 Å². The summed E-state index contributed by atoms with van der Waals surface area (Å²) in [6.07, 6.45) is 6.07. The zero-order valence-electron chi connectivity index (χ0n) is 40.5. The van der Waals surface area contributed by atoms with Crippen molar-refractivity contribution < 1.29 is 42.8 Å². The number of esters is 1. The number of amides is 2. The first kappa shape index (κ1) is 47.4. The summed E-state index contributed by atoms with van der Waals surface area (Å²) in [5.74, 6) is -1.07. The van der Waals surface area contributed by atoms with Crippen LogP contribution in [0.5, 0.6) is 0 Å². The molecule has 1 aliphatic carbocycles. The van der Waals surface area contributed by atoms with Crippen molar-refractivity contribution in [2.75, 3.05) is 60.3 Å². The highest BCUT2D eigenvalue weighted by Crippen LogP contribution is 2.61. The Morgan fingerprint density at radius 3 is 2.60 bits per heavy atom. The highest BCUT2D eigenvalue weighted by molar-refractivity contribution is 7.10. The van der Waals surface area contributed by atoms with Crippen LogP contribution in [0.4, 0.5) is 0 Å². The second-order valence-electron chi connectivity index (χ2n) is 21.0. The molecule has 16 nitrogen and oxygen atoms in total. The van der Waals surface area contributed by atoms with Gasteiger partial charge in [0.2, 0.25) is 0 Å². The SMILES string of the molecule is COC1CN([C@@H]2c3nc(cs3)-c3ccc4c(c3)c(c(-c3cccnc3[C@H](C)OC)n4CCOC3CCOCC3)CC(C)(C)COC(=O)[C@@H]3CCCN(N3)C(=O)[C@H]2NC(=O)C23CC(C)(C2)[C@H](C)O3)C1. The van der Waals surface area contributed by atoms with Gasteiger partial charge < -0.3 is 38.3 Å². The standard InChI is InChI=1S/C51H67N7O9S/c1-30(62-6)41-35(10-8-16-52-41)43-37-23-49(3,4)29-66-47(60)38-11-9-17-58(55-38)46(59)42(54-48(61)51-27-50(5,28-51)31(2)67-51)44(56-24-34(25-56)63-7)45-53-39(26-68-45)32-12-13-40(36(37)22-32)57(43)18-21-65-33-14-19-64-20-15-33/h8,10,12-13,16,22,26,30-31,33-34,38,42,44,55H,9,11,14-15,17-21,23-25,27-29H2,1-7H3,(H,54,61)/t30-,31-,38-,42-,44-,50?,51?/m0/s1. The van der Waals surface area contributed by atoms with Gasteiger partial charge in [-0.15, -0.1) is 11.3 Å². The molecular weight excluding hydrogens is 887 g/mol. The molecule has 1 aromatic carbocycles. The number of fused-ring (bicyclic) bond motifs is 7. The predicted octanol–water partition coefficient (Wildman–Crippen LogP) is 6.17. The van der Waals surface area contributed by atoms with E-state index >= 15 is 4.79 Å². The number of pyridine rings is 1. The Morgan fingerprint density at radius 1 is 1.07 bits per heavy atom. The van der Waals surface area contributed by atoms with Gasteiger partial charge in [0, 0.05) is 98.0 Å². The number of aromatic nitrogens is 3. The van der Waals surface area contributed by atoms with Gasteiger partial charge in [-0.1, -0.05) is 26.8 Å². The van der Waals surface area contributed by atoms with Crippen LogP contribution < -0.4 is 10.7 Å². The molecule has 6 fully saturated rings. The van der Waals surface area contributed by atoms with Crippen molar-refractivity contribution in [3.63, 3.8) is 0 Å². The molecule has 17 heteroatoms. The van der Waals surface area contributed by atoms with Crippen molar-refractivity contribution in [3.8, 4) is 22.5 Å². The van der Waals surface area contributed by atoms with E-state index in [1.54, 1.807) is 14.2 Å². The molecule has 4 aromatic rings. The first-order valence-electron chi connectivity index (χ1n) is 24.5. The lowest BCUT2D eigenvalue weighted by atomic mass is 9.61. The Bertz CT molecular complexity index is 2520. The van der Waals surface area contributed by atoms with Crippen LogP contribution in [0.25, 0.3) is 33.4 Å². The number of hydrogen-bond acceptors (Lipinski definition) is 14. The van der Waals surface area contributed by atoms with Crippen LogP contribution in [0.15, 0.2) is 41.9 Å². The minimum absolute atomic E-state index is 0.0382. The van der Waals surface area contributed by atoms with Crippen LogP contribution in [0, 0.1) is 10.8 Å². The van der Waals surface area contributed by atoms with E-state index in [-0.39, 0.29) is 48.3 Å². The van der Waals surface area contributed by atoms with Gasteiger partial charge in [0.25, 0.3) is 11.8 Å². The largest absolute Gasteiger partial charge is 0.464 e. The zero-order chi connectivity index (χ0) is 47.5. The smallest absolute Gasteiger partial charge is 0.324 e. The number of methoxy groups -OCH3 is 2. The van der Waals surface area contributed by atoms with Crippen LogP contribution in [0.2, 0.25) is 0 Å². The van der Waals surface area contributed by atoms with E-state index in [1.807, 2.05) is 26.1 Å². The van der Waals surface area contributed by atoms with Crippen molar-refractivity contribution in [1.82, 2.24) is 35.2 Å². The van der Waals surface area contributed by atoms with Crippen LogP contribution in [0.3, 0.4) is 0 Å². The van der Waals surface area contributed by atoms with Crippen LogP contribution in [0.1, 0.15) is 102 Å². The lowest BCUT2D eigenvalue weighted by Crippen LogP contribution is -2.67. The van der Waals surface area contributed by atoms with E-state index in [0.29, 0.717) is 83.1 Å². The molecule has 2 amide bonds. The van der Waals surface area contributed by atoms with Gasteiger partial charge in [0.1, 0.15) is 22.7 Å². The number of ether oxygens (including phenoxy) is 6. The number of hydrazine groups is 1. The monoisotopic (exact) mass is 953 g/mol. The van der Waals surface area contributed by atoms with E-state index in [4.69, 9.17) is 38.4 Å². The summed E-state index contributed by atoms with van der Waals surface area (Å²) in [7, 11) is 3.39. The topological polar surface area (TPSA) is 168 Å². The number of rotatable bonds is 11. The second kappa shape index (κ2) is 18.8. The fourth-order valence-electron chi connectivity index (χ4n) is 11.5. The van der Waals surface area contributed by atoms with Gasteiger partial charge in [0.15, 0.2) is 0 Å². The number of carbonyl (C=O) groups is 3. The number of nitrogens with one attached hydrogen (secondary N) is 2. The Morgan fingerprint density at radius 2 is 1.87 bits per heavy atom. The van der Waals surface area contributed by atoms with E-state index in [2.05, 4.69) is 70.6 Å². The van der Waals surface area contributed by atoms with Crippen LogP contribution >= 0.6 is 11.3 Å². The average molecular weight is 954 g/mol. The van der Waals surface area contributed by atoms with Gasteiger partial charge >= 0.3 is 5.97 Å². The van der Waals surface area contributed by atoms with Crippen molar-refractivity contribution in [3.05, 3.63) is 58.2 Å². The fraction of sp³-hybridized carbons (Fsp3) is 0.627. The maximum atomic E-state index is 15.2. The average Bonchev–Trinajstić information content (AvgIpc) is 4.06. The van der Waals surface area contributed by atoms with Gasteiger partial charge in [-0.25, -0.2) is 10.4 Å². The van der Waals surface area contributed by atoms with Crippen molar-refractivity contribution in [2.24, 2.45) is 10.8 Å². The second-order valence-corrected chi connectivity index (χ2v) is 21.9. The molecule has 0 unspecified atom stereocenters. The summed E-state index contributed by atoms with van der Waals surface area (Å²) < 4.78 is 38.8. The summed E-state index contributed by atoms with van der Waals surface area (Å²) in [6, 6.07) is 8.14. The number of nitrogens with zero attached hydrogens (tertiary/aromatic N) is 5.